The van der Waals surface area contributed by atoms with Gasteiger partial charge in [0.2, 0.25) is 11.8 Å². The number of ether oxygens (including phenoxy) is 3. The van der Waals surface area contributed by atoms with Crippen molar-refractivity contribution in [1.82, 2.24) is 30.1 Å². The lowest BCUT2D eigenvalue weighted by Gasteiger charge is -2.39. The minimum atomic E-state index is -1.09. The van der Waals surface area contributed by atoms with Crippen molar-refractivity contribution >= 4 is 52.5 Å². The number of hydrazine groups is 1. The smallest absolute Gasteiger partial charge is 0.410 e. The number of benzene rings is 2. The molecule has 0 aliphatic carbocycles. The van der Waals surface area contributed by atoms with Crippen LogP contribution in [0.5, 0.6) is 0 Å². The van der Waals surface area contributed by atoms with E-state index in [-0.39, 0.29) is 44.0 Å². The highest BCUT2D eigenvalue weighted by Gasteiger charge is 2.40. The Hall–Kier alpha value is -6.06. The summed E-state index contributed by atoms with van der Waals surface area (Å²) in [4.78, 5) is 75.8. The minimum absolute atomic E-state index is 0.108. The van der Waals surface area contributed by atoms with Crippen LogP contribution < -0.4 is 10.7 Å². The molecule has 15 nitrogen and oxygen atoms in total. The van der Waals surface area contributed by atoms with E-state index >= 15 is 0 Å². The maximum absolute atomic E-state index is 14.6. The van der Waals surface area contributed by atoms with Crippen LogP contribution in [-0.2, 0) is 52.8 Å². The van der Waals surface area contributed by atoms with Gasteiger partial charge in [0.15, 0.2) is 0 Å². The number of carbonyl (C=O) groups is 5. The molecular weight excluding hydrogens is 839 g/mol. The number of fused-ring (bicyclic) bond motifs is 6. The fraction of sp³-hybridized carbons (Fsp3) is 0.490. The minimum Gasteiger partial charge on any atom is -0.464 e. The van der Waals surface area contributed by atoms with Gasteiger partial charge in [-0.3, -0.25) is 34.1 Å². The summed E-state index contributed by atoms with van der Waals surface area (Å²) >= 11 is 0. The van der Waals surface area contributed by atoms with Crippen LogP contribution in [0.15, 0.2) is 78.5 Å². The lowest BCUT2D eigenvalue weighted by atomic mass is 9.84. The second-order valence-electron chi connectivity index (χ2n) is 18.6. The highest BCUT2D eigenvalue weighted by Crippen LogP contribution is 2.40. The van der Waals surface area contributed by atoms with Crippen LogP contribution in [0.4, 0.5) is 4.79 Å². The zero-order chi connectivity index (χ0) is 48.0. The van der Waals surface area contributed by atoms with E-state index in [2.05, 4.69) is 67.4 Å². The summed E-state index contributed by atoms with van der Waals surface area (Å²) in [5.74, 6) is -2.06. The van der Waals surface area contributed by atoms with Crippen molar-refractivity contribution in [2.45, 2.75) is 111 Å². The molecule has 3 aliphatic heterocycles. The van der Waals surface area contributed by atoms with Crippen LogP contribution in [0.3, 0.4) is 0 Å². The van der Waals surface area contributed by atoms with E-state index in [0.717, 1.165) is 50.1 Å². The number of nitrogens with zero attached hydrogens (tertiary/aromatic N) is 5. The molecule has 4 amide bonds. The van der Waals surface area contributed by atoms with E-state index in [1.165, 1.54) is 27.9 Å². The van der Waals surface area contributed by atoms with Crippen LogP contribution in [0, 0.1) is 11.3 Å². The number of nitrogens with one attached hydrogen (secondary N) is 2. The lowest BCUT2D eigenvalue weighted by Crippen LogP contribution is -2.62. The van der Waals surface area contributed by atoms with E-state index in [0.29, 0.717) is 32.4 Å². The Labute approximate surface area is 388 Å². The summed E-state index contributed by atoms with van der Waals surface area (Å²) in [7, 11) is 3.15. The molecular formula is C51H67N7O8. The van der Waals surface area contributed by atoms with Crippen molar-refractivity contribution in [1.29, 1.82) is 0 Å². The van der Waals surface area contributed by atoms with Crippen LogP contribution >= 0.6 is 0 Å². The first-order valence-corrected chi connectivity index (χ1v) is 23.0. The number of likely N-dealkylation sites (tertiary alicyclic amines) is 1. The van der Waals surface area contributed by atoms with E-state index in [9.17, 15) is 24.0 Å². The molecule has 6 rings (SSSR count). The van der Waals surface area contributed by atoms with E-state index in [1.54, 1.807) is 13.3 Å². The van der Waals surface area contributed by atoms with Crippen LogP contribution in [0.1, 0.15) is 78.1 Å². The number of aromatic nitrogens is 1. The second kappa shape index (κ2) is 21.1. The van der Waals surface area contributed by atoms with Gasteiger partial charge in [-0.1, -0.05) is 77.3 Å². The predicted molar refractivity (Wildman–Crippen MR) is 256 cm³/mol. The number of esters is 1. The van der Waals surface area contributed by atoms with Gasteiger partial charge in [-0.05, 0) is 86.4 Å². The summed E-state index contributed by atoms with van der Waals surface area (Å²) in [6.45, 7) is 23.1. The molecule has 2 saturated heterocycles. The van der Waals surface area contributed by atoms with Crippen molar-refractivity contribution < 1.29 is 38.2 Å². The first-order chi connectivity index (χ1) is 31.4. The number of allylic oxidation sites excluding steroid dienone is 2. The standard InChI is InChI=1S/C51H67N7O8/c1-12-37(44(52-14-3)32(7)64-11)46-39-27-51(8,9)30-65-49(62)40-20-17-23-58(54-40)48(61)41(25-33-18-16-19-34(24-33)35-21-22-42(38(39)26-35)57(46)15-4)53-47(60)45(31(5)6)55(10)50(63)66-36-28-56(29-36)43(59)13-2/h12-14,16,18-19,21-22,24,26,31-32,36,40-41,45,54H,1-2,15,17,20,23,25,27-30H2,3-11H3,(H,53,60)/b44-37+,52-14-/t32-,40-,41-,45-/m0/s1. The average Bonchev–Trinajstić information content (AvgIpc) is 3.58. The third-order valence-electron chi connectivity index (χ3n) is 12.7. The molecule has 354 valence electrons. The van der Waals surface area contributed by atoms with Gasteiger partial charge in [-0.2, -0.15) is 0 Å². The molecule has 0 radical (unpaired) electrons. The number of rotatable bonds is 12. The van der Waals surface area contributed by atoms with Crippen LogP contribution in [-0.4, -0.2) is 126 Å². The first kappa shape index (κ1) is 49.4. The molecule has 4 heterocycles. The summed E-state index contributed by atoms with van der Waals surface area (Å²) < 4.78 is 19.9. The number of carbonyl (C=O) groups excluding carboxylic acids is 5. The fourth-order valence-electron chi connectivity index (χ4n) is 9.24. The third-order valence-corrected chi connectivity index (χ3v) is 12.7. The molecule has 15 heteroatoms. The molecule has 2 aromatic carbocycles. The Morgan fingerprint density at radius 1 is 1.08 bits per heavy atom. The highest BCUT2D eigenvalue weighted by atomic mass is 16.6. The summed E-state index contributed by atoms with van der Waals surface area (Å²) in [5.41, 5.74) is 9.93. The van der Waals surface area contributed by atoms with Gasteiger partial charge in [0.1, 0.15) is 24.2 Å². The van der Waals surface area contributed by atoms with Gasteiger partial charge in [0.05, 0.1) is 37.2 Å². The van der Waals surface area contributed by atoms with Gasteiger partial charge in [0.25, 0.3) is 5.91 Å². The Bertz CT molecular complexity index is 2410. The fourth-order valence-corrected chi connectivity index (χ4v) is 9.24. The maximum atomic E-state index is 14.6. The largest absolute Gasteiger partial charge is 0.464 e. The second-order valence-corrected chi connectivity index (χ2v) is 18.6. The molecule has 0 spiro atoms. The zero-order valence-electron chi connectivity index (χ0n) is 40.0. The molecule has 0 unspecified atom stereocenters. The van der Waals surface area contributed by atoms with E-state index in [4.69, 9.17) is 19.2 Å². The maximum Gasteiger partial charge on any atom is 0.410 e. The van der Waals surface area contributed by atoms with E-state index < -0.39 is 53.5 Å². The molecule has 4 atom stereocenters. The molecule has 2 N–H and O–H groups in total. The average molecular weight is 906 g/mol. The van der Waals surface area contributed by atoms with Gasteiger partial charge in [-0.15, -0.1) is 0 Å². The summed E-state index contributed by atoms with van der Waals surface area (Å²) in [5, 5.41) is 5.44. The van der Waals surface area contributed by atoms with Crippen molar-refractivity contribution in [2.24, 2.45) is 16.3 Å². The van der Waals surface area contributed by atoms with Gasteiger partial charge in [0, 0.05) is 61.8 Å². The Morgan fingerprint density at radius 3 is 2.45 bits per heavy atom. The monoisotopic (exact) mass is 906 g/mol. The van der Waals surface area contributed by atoms with E-state index in [1.807, 2.05) is 58.0 Å². The number of methoxy groups -OCH3 is 1. The number of amides is 4. The van der Waals surface area contributed by atoms with Crippen molar-refractivity contribution in [3.63, 3.8) is 0 Å². The number of likely N-dealkylation sites (N-methyl/N-ethyl adjacent to an activating group) is 1. The van der Waals surface area contributed by atoms with Gasteiger partial charge >= 0.3 is 12.1 Å². The Kier molecular flexibility index (Phi) is 15.8. The first-order valence-electron chi connectivity index (χ1n) is 23.0. The van der Waals surface area contributed by atoms with Gasteiger partial charge in [-0.25, -0.2) is 10.2 Å². The molecule has 0 saturated carbocycles. The number of hydrogen-bond donors (Lipinski definition) is 2. The highest BCUT2D eigenvalue weighted by molar-refractivity contribution is 5.96. The number of aryl methyl sites for hydroxylation is 1. The van der Waals surface area contributed by atoms with Crippen molar-refractivity contribution in [3.05, 3.63) is 90.3 Å². The molecule has 3 aliphatic rings. The molecule has 66 heavy (non-hydrogen) atoms. The number of hydrogen-bond acceptors (Lipinski definition) is 10. The normalized spacial score (nSPS) is 20.5. The Morgan fingerprint density at radius 2 is 1.80 bits per heavy atom. The third kappa shape index (κ3) is 10.6. The van der Waals surface area contributed by atoms with Crippen LogP contribution in [0.2, 0.25) is 0 Å². The zero-order valence-corrected chi connectivity index (χ0v) is 40.0. The predicted octanol–water partition coefficient (Wildman–Crippen LogP) is 6.49. The molecule has 1 aromatic heterocycles. The van der Waals surface area contributed by atoms with Crippen LogP contribution in [0.25, 0.3) is 27.6 Å². The van der Waals surface area contributed by atoms with Crippen molar-refractivity contribution in [2.75, 3.05) is 40.4 Å². The molecule has 3 aromatic rings. The Balaban J connectivity index is 1.42. The number of aliphatic imine (C=N–C) groups is 1. The SMILES string of the molecule is C=CC(=O)N1CC(OC(=O)N(C)[C@H](C(=O)N[C@H]2Cc3cccc(c3)-c3ccc4c(c3)c(c(/C(C=C)=C(/N=C\C)[C@H](C)OC)n4CC)CC(C)(C)COC(=O)[C@@H]3CCCN(N3)C2=O)C(C)C)C1. The lowest BCUT2D eigenvalue weighted by molar-refractivity contribution is -0.155. The quantitative estimate of drug-likeness (QED) is 0.0896. The molecule has 6 bridgehead atoms. The summed E-state index contributed by atoms with van der Waals surface area (Å²) in [6.07, 6.45) is 4.89. The van der Waals surface area contributed by atoms with Crippen molar-refractivity contribution in [3.8, 4) is 11.1 Å². The topological polar surface area (TPSA) is 164 Å². The molecule has 2 fully saturated rings. The van der Waals surface area contributed by atoms with Gasteiger partial charge < -0.3 is 29.0 Å². The summed E-state index contributed by atoms with van der Waals surface area (Å²) in [6, 6.07) is 11.5. The number of cyclic esters (lactones) is 1.